The van der Waals surface area contributed by atoms with E-state index in [4.69, 9.17) is 15.3 Å². The molecule has 0 unspecified atom stereocenters. The van der Waals surface area contributed by atoms with Crippen LogP contribution in [0.3, 0.4) is 0 Å². The summed E-state index contributed by atoms with van der Waals surface area (Å²) in [7, 11) is 0. The number of hydrogen-bond acceptors (Lipinski definition) is 7. The summed E-state index contributed by atoms with van der Waals surface area (Å²) < 4.78 is 9.16. The molecule has 7 nitrogen and oxygen atoms in total. The van der Waals surface area contributed by atoms with Crippen molar-refractivity contribution in [1.29, 1.82) is 10.5 Å². The number of carbonyl (C=O) groups excluding carboxylic acids is 3. The first-order valence-corrected chi connectivity index (χ1v) is 9.39. The van der Waals surface area contributed by atoms with Crippen LogP contribution in [0.25, 0.3) is 6.08 Å². The van der Waals surface area contributed by atoms with E-state index in [0.29, 0.717) is 6.61 Å². The lowest BCUT2D eigenvalue weighted by Crippen LogP contribution is -2.05. The van der Waals surface area contributed by atoms with E-state index in [1.54, 1.807) is 32.0 Å². The molecule has 7 heteroatoms. The van der Waals surface area contributed by atoms with Crippen molar-refractivity contribution in [3.05, 3.63) is 77.4 Å². The monoisotopic (exact) mass is 420 g/mol. The lowest BCUT2D eigenvalue weighted by molar-refractivity contribution is -0.142. The van der Waals surface area contributed by atoms with Gasteiger partial charge >= 0.3 is 11.9 Å². The van der Waals surface area contributed by atoms with Crippen LogP contribution in [-0.4, -0.2) is 31.4 Å². The Morgan fingerprint density at radius 3 is 1.77 bits per heavy atom. The molecule has 0 N–H and O–H groups in total. The van der Waals surface area contributed by atoms with Crippen molar-refractivity contribution in [2.24, 2.45) is 0 Å². The van der Waals surface area contributed by atoms with Crippen LogP contribution >= 0.6 is 0 Å². The number of rotatable bonds is 6. The van der Waals surface area contributed by atoms with Gasteiger partial charge in [0.25, 0.3) is 0 Å². The zero-order chi connectivity index (χ0) is 23.3. The van der Waals surface area contributed by atoms with Gasteiger partial charge in [-0.25, -0.2) is 4.79 Å². The minimum atomic E-state index is -0.580. The van der Waals surface area contributed by atoms with Crippen LogP contribution in [0.5, 0.6) is 0 Å². The lowest BCUT2D eigenvalue weighted by atomic mass is 10.1. The third-order valence-corrected chi connectivity index (χ3v) is 3.19. The fraction of sp³-hybridized carbons (Fsp3) is 0.208. The first-order chi connectivity index (χ1) is 15.0. The van der Waals surface area contributed by atoms with Gasteiger partial charge < -0.3 is 9.47 Å². The summed E-state index contributed by atoms with van der Waals surface area (Å²) in [5, 5.41) is 16.7. The van der Waals surface area contributed by atoms with Gasteiger partial charge in [-0.3, -0.25) is 9.59 Å². The largest absolute Gasteiger partial charge is 0.465 e. The highest BCUT2D eigenvalue weighted by molar-refractivity contribution is 5.97. The predicted octanol–water partition coefficient (Wildman–Crippen LogP) is 4.12. The Hall–Kier alpha value is -4.23. The van der Waals surface area contributed by atoms with E-state index in [-0.39, 0.29) is 18.6 Å². The van der Waals surface area contributed by atoms with Crippen molar-refractivity contribution in [2.75, 3.05) is 13.2 Å². The van der Waals surface area contributed by atoms with Crippen molar-refractivity contribution < 1.29 is 23.9 Å². The van der Waals surface area contributed by atoms with E-state index < -0.39 is 11.9 Å². The van der Waals surface area contributed by atoms with Crippen LogP contribution in [0.15, 0.2) is 66.2 Å². The molecule has 0 aliphatic carbocycles. The molecule has 0 spiro atoms. The molecule has 0 saturated carbocycles. The molecule has 0 fully saturated rings. The summed E-state index contributed by atoms with van der Waals surface area (Å²) in [6.45, 7) is 4.03. The number of ether oxygens (including phenoxy) is 2. The average molecular weight is 420 g/mol. The Morgan fingerprint density at radius 1 is 0.871 bits per heavy atom. The van der Waals surface area contributed by atoms with E-state index >= 15 is 0 Å². The van der Waals surface area contributed by atoms with Crippen LogP contribution < -0.4 is 0 Å². The highest BCUT2D eigenvalue weighted by Gasteiger charge is 2.08. The minimum absolute atomic E-state index is 0.0167. The third kappa shape index (κ3) is 13.6. The molecule has 0 atom stereocenters. The molecular weight excluding hydrogens is 396 g/mol. The molecule has 0 saturated heterocycles. The predicted molar refractivity (Wildman–Crippen MR) is 115 cm³/mol. The molecule has 0 heterocycles. The molecule has 160 valence electrons. The Morgan fingerprint density at radius 2 is 1.39 bits per heavy atom. The Balaban J connectivity index is 0.000000477. The smallest absolute Gasteiger partial charge is 0.348 e. The average Bonchev–Trinajstić information content (AvgIpc) is 2.80. The number of aldehydes is 1. The molecule has 0 aliphatic heterocycles. The molecule has 31 heavy (non-hydrogen) atoms. The van der Waals surface area contributed by atoms with Crippen molar-refractivity contribution >= 4 is 24.3 Å². The van der Waals surface area contributed by atoms with E-state index in [0.717, 1.165) is 17.4 Å². The molecule has 2 aromatic rings. The first kappa shape index (κ1) is 26.8. The highest BCUT2D eigenvalue weighted by atomic mass is 16.5. The molecule has 2 aromatic carbocycles. The summed E-state index contributed by atoms with van der Waals surface area (Å²) in [6, 6.07) is 21.8. The molecule has 0 amide bonds. The van der Waals surface area contributed by atoms with Gasteiger partial charge in [-0.2, -0.15) is 10.5 Å². The van der Waals surface area contributed by atoms with Crippen LogP contribution in [0.1, 0.15) is 36.2 Å². The quantitative estimate of drug-likeness (QED) is 0.298. The summed E-state index contributed by atoms with van der Waals surface area (Å²) in [5.41, 5.74) is 1.55. The highest BCUT2D eigenvalue weighted by Crippen LogP contribution is 2.07. The fourth-order valence-corrected chi connectivity index (χ4v) is 1.87. The molecule has 0 radical (unpaired) electrons. The maximum atomic E-state index is 11.3. The number of nitriles is 2. The normalized spacial score (nSPS) is 9.23. The van der Waals surface area contributed by atoms with Crippen LogP contribution in [0.2, 0.25) is 0 Å². The van der Waals surface area contributed by atoms with Crippen molar-refractivity contribution in [2.45, 2.75) is 20.3 Å². The van der Waals surface area contributed by atoms with Crippen LogP contribution in [0, 0.1) is 22.7 Å². The zero-order valence-electron chi connectivity index (χ0n) is 17.5. The van der Waals surface area contributed by atoms with Gasteiger partial charge in [-0.15, -0.1) is 0 Å². The second-order valence-electron chi connectivity index (χ2n) is 5.47. The van der Waals surface area contributed by atoms with E-state index in [9.17, 15) is 14.4 Å². The number of esters is 2. The summed E-state index contributed by atoms with van der Waals surface area (Å²) >= 11 is 0. The van der Waals surface area contributed by atoms with Gasteiger partial charge in [0.05, 0.1) is 19.3 Å². The Kier molecular flexibility index (Phi) is 15.4. The van der Waals surface area contributed by atoms with Gasteiger partial charge in [0, 0.05) is 5.56 Å². The minimum Gasteiger partial charge on any atom is -0.465 e. The van der Waals surface area contributed by atoms with Gasteiger partial charge in [0.2, 0.25) is 0 Å². The number of carbonyl (C=O) groups is 3. The summed E-state index contributed by atoms with van der Waals surface area (Å²) in [5.74, 6) is -1.03. The van der Waals surface area contributed by atoms with Crippen molar-refractivity contribution in [3.8, 4) is 12.1 Å². The Labute approximate surface area is 182 Å². The SMILES string of the molecule is CCOC(=O)/C(C#N)=C\c1ccccc1.CCOC(=O)CC#N.O=Cc1ccccc1. The van der Waals surface area contributed by atoms with Gasteiger partial charge in [-0.1, -0.05) is 60.7 Å². The molecule has 0 bridgehead atoms. The van der Waals surface area contributed by atoms with E-state index in [2.05, 4.69) is 4.74 Å². The zero-order valence-corrected chi connectivity index (χ0v) is 17.5. The van der Waals surface area contributed by atoms with Gasteiger partial charge in [-0.05, 0) is 25.5 Å². The number of nitrogens with zero attached hydrogens (tertiary/aromatic N) is 2. The maximum absolute atomic E-state index is 11.3. The summed E-state index contributed by atoms with van der Waals surface area (Å²) in [6.07, 6.45) is 2.20. The lowest BCUT2D eigenvalue weighted by Gasteiger charge is -1.99. The third-order valence-electron chi connectivity index (χ3n) is 3.19. The van der Waals surface area contributed by atoms with E-state index in [1.165, 1.54) is 6.08 Å². The molecule has 2 rings (SSSR count). The molecular formula is C24H24N2O5. The number of hydrogen-bond donors (Lipinski definition) is 0. The fourth-order valence-electron chi connectivity index (χ4n) is 1.87. The summed E-state index contributed by atoms with van der Waals surface area (Å²) in [4.78, 5) is 31.5. The van der Waals surface area contributed by atoms with Gasteiger partial charge in [0.15, 0.2) is 0 Å². The van der Waals surface area contributed by atoms with Crippen molar-refractivity contribution in [1.82, 2.24) is 0 Å². The molecule has 0 aliphatic rings. The topological polar surface area (TPSA) is 117 Å². The number of benzene rings is 2. The first-order valence-electron chi connectivity index (χ1n) is 9.39. The van der Waals surface area contributed by atoms with Crippen LogP contribution in [0.4, 0.5) is 0 Å². The second-order valence-corrected chi connectivity index (χ2v) is 5.47. The second kappa shape index (κ2) is 17.8. The van der Waals surface area contributed by atoms with Crippen molar-refractivity contribution in [3.63, 3.8) is 0 Å². The van der Waals surface area contributed by atoms with E-state index in [1.807, 2.05) is 54.6 Å². The Bertz CT molecular complexity index is 910. The standard InChI is InChI=1S/C12H11NO2.C7H6O.C5H7NO2/c1-2-15-12(14)11(9-13)8-10-6-4-3-5-7-10;8-6-7-4-2-1-3-5-7;1-2-8-5(7)3-4-6/h3-8H,2H2,1H3;1-6H;2-3H2,1H3/b11-8-;;. The maximum Gasteiger partial charge on any atom is 0.348 e. The van der Waals surface area contributed by atoms with Gasteiger partial charge in [0.1, 0.15) is 24.3 Å². The molecule has 0 aromatic heterocycles. The van der Waals surface area contributed by atoms with Crippen LogP contribution in [-0.2, 0) is 19.1 Å².